The van der Waals surface area contributed by atoms with Crippen molar-refractivity contribution in [2.24, 2.45) is 0 Å². The maximum Gasteiger partial charge on any atom is 0.220 e. The third-order valence-corrected chi connectivity index (χ3v) is 16.3. The molecule has 12 N–H and O–H groups in total. The average Bonchev–Trinajstić information content (AvgIpc) is 1.93. The van der Waals surface area contributed by atoms with E-state index in [1.54, 1.807) is 6.08 Å². The number of ether oxygens (including phenoxy) is 6. The van der Waals surface area contributed by atoms with Gasteiger partial charge >= 0.3 is 0 Å². The average molecular weight is 1260 g/mol. The molecule has 89 heavy (non-hydrogen) atoms. The summed E-state index contributed by atoms with van der Waals surface area (Å²) in [7, 11) is 0. The first-order valence-corrected chi connectivity index (χ1v) is 34.0. The lowest BCUT2D eigenvalue weighted by atomic mass is 9.96. The maximum absolute atomic E-state index is 13.4. The summed E-state index contributed by atoms with van der Waals surface area (Å²) in [5, 5.41) is 120. The van der Waals surface area contributed by atoms with Crippen LogP contribution in [0.2, 0.25) is 0 Å². The molecule has 17 atom stereocenters. The smallest absolute Gasteiger partial charge is 0.220 e. The highest BCUT2D eigenvalue weighted by Gasteiger charge is 2.53. The number of amides is 1. The summed E-state index contributed by atoms with van der Waals surface area (Å²) in [5.74, 6) is -0.312. The molecule has 3 saturated heterocycles. The van der Waals surface area contributed by atoms with Crippen molar-refractivity contribution in [2.75, 3.05) is 26.4 Å². The van der Waals surface area contributed by atoms with Crippen molar-refractivity contribution in [2.45, 2.75) is 311 Å². The molecule has 3 aliphatic heterocycles. The first-order chi connectivity index (χ1) is 43.3. The van der Waals surface area contributed by atoms with E-state index in [1.807, 2.05) is 6.08 Å². The number of hydrogen-bond acceptors (Lipinski definition) is 18. The summed E-state index contributed by atoms with van der Waals surface area (Å²) in [6.07, 6.45) is 39.5. The van der Waals surface area contributed by atoms with E-state index in [1.165, 1.54) is 83.5 Å². The van der Waals surface area contributed by atoms with Crippen LogP contribution in [-0.2, 0) is 33.2 Å². The fourth-order valence-corrected chi connectivity index (χ4v) is 10.8. The molecule has 0 saturated carbocycles. The molecular formula is C70H119NO18. The number of carbonyl (C=O) groups excluding carboxylic acids is 1. The van der Waals surface area contributed by atoms with Crippen LogP contribution < -0.4 is 5.32 Å². The Bertz CT molecular complexity index is 1990. The van der Waals surface area contributed by atoms with Gasteiger partial charge in [-0.15, -0.1) is 0 Å². The van der Waals surface area contributed by atoms with Gasteiger partial charge in [-0.05, 0) is 89.9 Å². The lowest BCUT2D eigenvalue weighted by Gasteiger charge is -2.48. The van der Waals surface area contributed by atoms with E-state index < -0.39 is 124 Å². The number of carbonyl (C=O) groups is 1. The largest absolute Gasteiger partial charge is 0.394 e. The second kappa shape index (κ2) is 51.2. The molecule has 0 aliphatic carbocycles. The van der Waals surface area contributed by atoms with E-state index in [4.69, 9.17) is 28.4 Å². The molecule has 3 rings (SSSR count). The Kier molecular flexibility index (Phi) is 46.0. The molecule has 19 nitrogen and oxygen atoms in total. The maximum atomic E-state index is 13.4. The summed E-state index contributed by atoms with van der Waals surface area (Å²) >= 11 is 0. The SMILES string of the molecule is CC/C=C\C/C=C\C/C=C\C/C=C\C/C=C\CCCCCCCC(=O)NC(COC1OC(CO)C(OC2OC(CO)C(OC3OC(CO)C(O)C(O)C3O)C(O)C2O)C(O)C1O)C(O)/C=C/CC/C=C/CC/C=C/CCCCCCCCCCCCCCC. The Balaban J connectivity index is 1.49. The van der Waals surface area contributed by atoms with Crippen LogP contribution in [0, 0.1) is 0 Å². The van der Waals surface area contributed by atoms with E-state index in [2.05, 4.69) is 104 Å². The fourth-order valence-electron chi connectivity index (χ4n) is 10.8. The highest BCUT2D eigenvalue weighted by Crippen LogP contribution is 2.33. The lowest BCUT2D eigenvalue weighted by Crippen LogP contribution is -2.66. The zero-order valence-corrected chi connectivity index (χ0v) is 53.9. The van der Waals surface area contributed by atoms with Crippen molar-refractivity contribution in [3.8, 4) is 0 Å². The number of hydrogen-bond donors (Lipinski definition) is 12. The minimum atomic E-state index is -1.99. The molecule has 0 aromatic carbocycles. The van der Waals surface area contributed by atoms with Gasteiger partial charge in [-0.1, -0.05) is 207 Å². The Labute approximate surface area is 533 Å². The molecule has 1 amide bonds. The molecule has 3 fully saturated rings. The number of allylic oxidation sites excluding steroid dienone is 15. The molecule has 19 heteroatoms. The van der Waals surface area contributed by atoms with Gasteiger partial charge in [0.05, 0.1) is 38.6 Å². The van der Waals surface area contributed by atoms with Gasteiger partial charge in [0.25, 0.3) is 0 Å². The second-order valence-corrected chi connectivity index (χ2v) is 23.9. The number of aliphatic hydroxyl groups excluding tert-OH is 11. The standard InChI is InChI=1S/C70H119NO18/c1-3-5-7-9-11-13-15-17-19-21-23-25-26-28-29-31-33-35-37-39-41-43-45-47-54(75)53(71-58(76)48-46-44-42-40-38-36-34-32-30-27-24-22-20-18-16-14-12-10-8-6-4-2)52-84-68-64(82)61(79)66(56(50-73)86-68)89-70-65(83)62(80)67(57(51-74)87-70)88-69-63(81)60(78)59(77)55(49-72)85-69/h6,8,12,14,18,20,24,27,29,31-32,34,37,39,45,47,53-57,59-70,72-75,77-83H,3-5,7,9-11,13,15-17,19,21-23,25-26,28,30,33,35-36,38,40-44,46,48-52H2,1-2H3,(H,71,76)/b8-6-,14-12-,20-18-,27-24-,31-29+,34-32-,39-37+,47-45+. The zero-order chi connectivity index (χ0) is 64.7. The molecule has 3 aliphatic rings. The predicted octanol–water partition coefficient (Wildman–Crippen LogP) is 8.49. The summed E-state index contributed by atoms with van der Waals surface area (Å²) in [6.45, 7) is 1.57. The molecule has 17 unspecified atom stereocenters. The highest BCUT2D eigenvalue weighted by molar-refractivity contribution is 5.76. The minimum absolute atomic E-state index is 0.204. The number of nitrogens with one attached hydrogen (secondary N) is 1. The Morgan fingerprint density at radius 3 is 1.26 bits per heavy atom. The monoisotopic (exact) mass is 1260 g/mol. The van der Waals surface area contributed by atoms with Gasteiger partial charge in [-0.25, -0.2) is 0 Å². The summed E-state index contributed by atoms with van der Waals surface area (Å²) in [4.78, 5) is 13.4. The van der Waals surface area contributed by atoms with Crippen LogP contribution in [0.15, 0.2) is 97.2 Å². The van der Waals surface area contributed by atoms with Crippen LogP contribution in [0.25, 0.3) is 0 Å². The Morgan fingerprint density at radius 1 is 0.416 bits per heavy atom. The summed E-state index contributed by atoms with van der Waals surface area (Å²) in [6, 6.07) is -1.01. The van der Waals surface area contributed by atoms with Gasteiger partial charge in [0.15, 0.2) is 18.9 Å². The Morgan fingerprint density at radius 2 is 0.787 bits per heavy atom. The van der Waals surface area contributed by atoms with Crippen LogP contribution in [0.1, 0.15) is 206 Å². The van der Waals surface area contributed by atoms with Crippen LogP contribution in [0.3, 0.4) is 0 Å². The van der Waals surface area contributed by atoms with Crippen LogP contribution in [-0.4, -0.2) is 193 Å². The summed E-state index contributed by atoms with van der Waals surface area (Å²) < 4.78 is 34.3. The third kappa shape index (κ3) is 33.4. The van der Waals surface area contributed by atoms with E-state index >= 15 is 0 Å². The quantitative estimate of drug-likeness (QED) is 0.0201. The lowest BCUT2D eigenvalue weighted by molar-refractivity contribution is -0.379. The third-order valence-electron chi connectivity index (χ3n) is 16.3. The molecule has 512 valence electrons. The summed E-state index contributed by atoms with van der Waals surface area (Å²) in [5.41, 5.74) is 0. The molecule has 0 bridgehead atoms. The van der Waals surface area contributed by atoms with Gasteiger partial charge in [-0.2, -0.15) is 0 Å². The van der Waals surface area contributed by atoms with E-state index in [0.717, 1.165) is 89.9 Å². The van der Waals surface area contributed by atoms with Crippen molar-refractivity contribution in [1.29, 1.82) is 0 Å². The van der Waals surface area contributed by atoms with Gasteiger partial charge in [0, 0.05) is 6.42 Å². The fraction of sp³-hybridized carbons (Fsp3) is 0.757. The first kappa shape index (κ1) is 79.9. The zero-order valence-electron chi connectivity index (χ0n) is 53.9. The van der Waals surface area contributed by atoms with Crippen molar-refractivity contribution in [1.82, 2.24) is 5.32 Å². The normalized spacial score (nSPS) is 28.8. The molecular weight excluding hydrogens is 1140 g/mol. The van der Waals surface area contributed by atoms with Crippen LogP contribution in [0.5, 0.6) is 0 Å². The molecule has 0 aromatic heterocycles. The van der Waals surface area contributed by atoms with E-state index in [-0.39, 0.29) is 18.9 Å². The van der Waals surface area contributed by atoms with Crippen molar-refractivity contribution < 1.29 is 89.4 Å². The van der Waals surface area contributed by atoms with Gasteiger partial charge < -0.3 is 89.9 Å². The molecule has 0 radical (unpaired) electrons. The Hall–Kier alpha value is -3.29. The molecule has 3 heterocycles. The van der Waals surface area contributed by atoms with Crippen LogP contribution >= 0.6 is 0 Å². The first-order valence-electron chi connectivity index (χ1n) is 34.0. The van der Waals surface area contributed by atoms with Crippen LogP contribution in [0.4, 0.5) is 0 Å². The van der Waals surface area contributed by atoms with Crippen molar-refractivity contribution >= 4 is 5.91 Å². The molecule has 0 spiro atoms. The second-order valence-electron chi connectivity index (χ2n) is 23.9. The van der Waals surface area contributed by atoms with Gasteiger partial charge in [0.2, 0.25) is 5.91 Å². The predicted molar refractivity (Wildman–Crippen MR) is 346 cm³/mol. The van der Waals surface area contributed by atoms with Crippen molar-refractivity contribution in [3.05, 3.63) is 97.2 Å². The topological polar surface area (TPSA) is 307 Å². The van der Waals surface area contributed by atoms with Gasteiger partial charge in [-0.3, -0.25) is 4.79 Å². The highest BCUT2D eigenvalue weighted by atomic mass is 16.8. The van der Waals surface area contributed by atoms with E-state index in [9.17, 15) is 61.0 Å². The van der Waals surface area contributed by atoms with E-state index in [0.29, 0.717) is 12.8 Å². The number of rotatable bonds is 50. The minimum Gasteiger partial charge on any atom is -0.394 e. The molecule has 0 aromatic rings. The van der Waals surface area contributed by atoms with Crippen molar-refractivity contribution in [3.63, 3.8) is 0 Å². The van der Waals surface area contributed by atoms with Gasteiger partial charge in [0.1, 0.15) is 73.2 Å². The number of aliphatic hydroxyl groups is 11. The number of unbranched alkanes of at least 4 members (excludes halogenated alkanes) is 20.